The smallest absolute Gasteiger partial charge is 0.296 e. The molecule has 1 amide bonds. The number of aromatic nitrogens is 1. The number of ether oxygens (including phenoxy) is 1. The molecule has 4 aromatic rings. The second-order valence-electron chi connectivity index (χ2n) is 8.59. The van der Waals surface area contributed by atoms with Crippen LogP contribution < -0.4 is 4.74 Å². The Morgan fingerprint density at radius 3 is 2.50 bits per heavy atom. The summed E-state index contributed by atoms with van der Waals surface area (Å²) >= 11 is 0. The zero-order valence-electron chi connectivity index (χ0n) is 19.6. The van der Waals surface area contributed by atoms with Crippen molar-refractivity contribution >= 4 is 17.4 Å². The van der Waals surface area contributed by atoms with Crippen LogP contribution in [0.1, 0.15) is 34.1 Å². The summed E-state index contributed by atoms with van der Waals surface area (Å²) in [5, 5.41) is 11.2. The lowest BCUT2D eigenvalue weighted by Gasteiger charge is -2.24. The van der Waals surface area contributed by atoms with Crippen LogP contribution in [0.3, 0.4) is 0 Å². The number of amides is 1. The number of aliphatic hydroxyl groups excluding tert-OH is 1. The van der Waals surface area contributed by atoms with Crippen molar-refractivity contribution in [2.45, 2.75) is 26.1 Å². The first-order valence-electron chi connectivity index (χ1n) is 11.5. The van der Waals surface area contributed by atoms with Crippen LogP contribution in [-0.2, 0) is 22.7 Å². The van der Waals surface area contributed by atoms with Crippen molar-refractivity contribution in [3.05, 3.63) is 125 Å². The van der Waals surface area contributed by atoms with E-state index in [0.717, 1.165) is 11.1 Å². The molecule has 0 bridgehead atoms. The second kappa shape index (κ2) is 9.92. The van der Waals surface area contributed by atoms with Crippen LogP contribution in [0.2, 0.25) is 0 Å². The summed E-state index contributed by atoms with van der Waals surface area (Å²) in [5.74, 6) is -0.543. The fraction of sp³-hybridized carbons (Fsp3) is 0.138. The van der Waals surface area contributed by atoms with Gasteiger partial charge in [-0.1, -0.05) is 29.8 Å². The summed E-state index contributed by atoms with van der Waals surface area (Å²) in [6.45, 7) is 2.53. The summed E-state index contributed by atoms with van der Waals surface area (Å²) in [6.07, 6.45) is 4.68. The number of hydrogen-bond donors (Lipinski definition) is 1. The molecule has 3 heterocycles. The van der Waals surface area contributed by atoms with Crippen LogP contribution in [0.5, 0.6) is 5.75 Å². The Kier molecular flexibility index (Phi) is 6.36. The first-order chi connectivity index (χ1) is 17.5. The number of furan rings is 1. The van der Waals surface area contributed by atoms with Crippen molar-refractivity contribution in [2.75, 3.05) is 0 Å². The summed E-state index contributed by atoms with van der Waals surface area (Å²) in [5.41, 5.74) is 3.30. The Bertz CT molecular complexity index is 1410. The number of pyridine rings is 1. The van der Waals surface area contributed by atoms with Gasteiger partial charge in [-0.3, -0.25) is 14.6 Å². The molecule has 36 heavy (non-hydrogen) atoms. The van der Waals surface area contributed by atoms with Gasteiger partial charge in [0.2, 0.25) is 0 Å². The van der Waals surface area contributed by atoms with Gasteiger partial charge in [-0.25, -0.2) is 0 Å². The van der Waals surface area contributed by atoms with E-state index >= 15 is 0 Å². The van der Waals surface area contributed by atoms with Gasteiger partial charge in [0.05, 0.1) is 24.4 Å². The number of carbonyl (C=O) groups is 2. The fourth-order valence-corrected chi connectivity index (χ4v) is 4.34. The van der Waals surface area contributed by atoms with Crippen LogP contribution >= 0.6 is 0 Å². The van der Waals surface area contributed by atoms with Gasteiger partial charge in [0.1, 0.15) is 23.9 Å². The third-order valence-corrected chi connectivity index (χ3v) is 6.08. The highest BCUT2D eigenvalue weighted by Crippen LogP contribution is 2.40. The third kappa shape index (κ3) is 4.63. The highest BCUT2D eigenvalue weighted by atomic mass is 16.5. The summed E-state index contributed by atoms with van der Waals surface area (Å²) in [6, 6.07) is 21.0. The minimum atomic E-state index is -0.782. The standard InChI is InChI=1S/C29H24N2O5/c1-19-4-2-5-20(16-19)18-36-23-9-7-22(8-10-23)27(32)25-26(21-11-13-30-14-12-21)31(29(34)28(25)33)17-24-6-3-15-35-24/h2-16,26,32H,17-18H2,1H3/b27-25+/t26-/m0/s1. The average molecular weight is 481 g/mol. The molecule has 7 nitrogen and oxygen atoms in total. The molecule has 0 saturated carbocycles. The summed E-state index contributed by atoms with van der Waals surface area (Å²) < 4.78 is 11.3. The topological polar surface area (TPSA) is 92.9 Å². The lowest BCUT2D eigenvalue weighted by molar-refractivity contribution is -0.140. The quantitative estimate of drug-likeness (QED) is 0.222. The van der Waals surface area contributed by atoms with Gasteiger partial charge in [0.25, 0.3) is 11.7 Å². The van der Waals surface area contributed by atoms with Crippen LogP contribution in [0.15, 0.2) is 101 Å². The van der Waals surface area contributed by atoms with Gasteiger partial charge in [-0.05, 0) is 66.6 Å². The number of ketones is 1. The predicted molar refractivity (Wildman–Crippen MR) is 133 cm³/mol. The summed E-state index contributed by atoms with van der Waals surface area (Å²) in [4.78, 5) is 31.6. The lowest BCUT2D eigenvalue weighted by Crippen LogP contribution is -2.29. The largest absolute Gasteiger partial charge is 0.507 e. The SMILES string of the molecule is Cc1cccc(COc2ccc(/C(O)=C3\C(=O)C(=O)N(Cc4ccco4)[C@H]3c3ccncc3)cc2)c1. The zero-order chi connectivity index (χ0) is 25.1. The van der Waals surface area contributed by atoms with Crippen molar-refractivity contribution in [3.8, 4) is 5.75 Å². The predicted octanol–water partition coefficient (Wildman–Crippen LogP) is 5.18. The van der Waals surface area contributed by atoms with E-state index in [9.17, 15) is 14.7 Å². The molecule has 0 radical (unpaired) electrons. The Labute approximate surface area is 208 Å². The molecular weight excluding hydrogens is 456 g/mol. The number of rotatable bonds is 7. The first-order valence-corrected chi connectivity index (χ1v) is 11.5. The maximum atomic E-state index is 13.1. The Morgan fingerprint density at radius 2 is 1.81 bits per heavy atom. The van der Waals surface area contributed by atoms with E-state index in [4.69, 9.17) is 9.15 Å². The summed E-state index contributed by atoms with van der Waals surface area (Å²) in [7, 11) is 0. The van der Waals surface area contributed by atoms with E-state index in [2.05, 4.69) is 11.1 Å². The average Bonchev–Trinajstić information content (AvgIpc) is 3.50. The Morgan fingerprint density at radius 1 is 1.03 bits per heavy atom. The number of likely N-dealkylation sites (tertiary alicyclic amines) is 1. The molecule has 1 atom stereocenters. The van der Waals surface area contributed by atoms with Crippen LogP contribution in [0.4, 0.5) is 0 Å². The monoisotopic (exact) mass is 480 g/mol. The van der Waals surface area contributed by atoms with E-state index < -0.39 is 17.7 Å². The van der Waals surface area contributed by atoms with Crippen molar-refractivity contribution < 1.29 is 23.8 Å². The molecule has 2 aromatic carbocycles. The van der Waals surface area contributed by atoms with E-state index in [1.54, 1.807) is 60.9 Å². The minimum absolute atomic E-state index is 0.0196. The molecule has 180 valence electrons. The molecule has 5 rings (SSSR count). The Balaban J connectivity index is 1.45. The number of hydrogen-bond acceptors (Lipinski definition) is 6. The first kappa shape index (κ1) is 23.1. The number of nitrogens with zero attached hydrogens (tertiary/aromatic N) is 2. The van der Waals surface area contributed by atoms with Gasteiger partial charge in [0, 0.05) is 18.0 Å². The van der Waals surface area contributed by atoms with Gasteiger partial charge in [0.15, 0.2) is 0 Å². The molecule has 1 saturated heterocycles. The van der Waals surface area contributed by atoms with Crippen molar-refractivity contribution in [1.82, 2.24) is 9.88 Å². The third-order valence-electron chi connectivity index (χ3n) is 6.08. The molecule has 1 aliphatic rings. The zero-order valence-corrected chi connectivity index (χ0v) is 19.6. The number of aryl methyl sites for hydroxylation is 1. The van der Waals surface area contributed by atoms with Crippen molar-refractivity contribution in [2.24, 2.45) is 0 Å². The number of carbonyl (C=O) groups excluding carboxylic acids is 2. The fourth-order valence-electron chi connectivity index (χ4n) is 4.34. The van der Waals surface area contributed by atoms with Gasteiger partial charge < -0.3 is 19.2 Å². The molecular formula is C29H24N2O5. The molecule has 0 unspecified atom stereocenters. The molecule has 1 N–H and O–H groups in total. The van der Waals surface area contributed by atoms with Crippen LogP contribution in [0.25, 0.3) is 5.76 Å². The number of benzene rings is 2. The molecule has 1 fully saturated rings. The number of aliphatic hydroxyl groups is 1. The van der Waals surface area contributed by atoms with Crippen molar-refractivity contribution in [3.63, 3.8) is 0 Å². The Hall–Kier alpha value is -4.65. The van der Waals surface area contributed by atoms with Gasteiger partial charge in [-0.2, -0.15) is 0 Å². The highest BCUT2D eigenvalue weighted by molar-refractivity contribution is 6.46. The van der Waals surface area contributed by atoms with E-state index in [0.29, 0.717) is 29.2 Å². The van der Waals surface area contributed by atoms with Crippen molar-refractivity contribution in [1.29, 1.82) is 0 Å². The molecule has 0 aliphatic carbocycles. The van der Waals surface area contributed by atoms with Gasteiger partial charge in [-0.15, -0.1) is 0 Å². The van der Waals surface area contributed by atoms with E-state index in [1.807, 2.05) is 25.1 Å². The molecule has 2 aromatic heterocycles. The lowest BCUT2D eigenvalue weighted by atomic mass is 9.96. The molecule has 0 spiro atoms. The normalized spacial score (nSPS) is 16.9. The highest BCUT2D eigenvalue weighted by Gasteiger charge is 2.46. The maximum absolute atomic E-state index is 13.1. The minimum Gasteiger partial charge on any atom is -0.507 e. The van der Waals surface area contributed by atoms with Crippen LogP contribution in [0, 0.1) is 6.92 Å². The molecule has 1 aliphatic heterocycles. The van der Waals surface area contributed by atoms with Gasteiger partial charge >= 0.3 is 0 Å². The van der Waals surface area contributed by atoms with E-state index in [-0.39, 0.29) is 17.9 Å². The van der Waals surface area contributed by atoms with Crippen LogP contribution in [-0.4, -0.2) is 26.7 Å². The number of Topliss-reactive ketones (excluding diaryl/α,β-unsaturated/α-hetero) is 1. The maximum Gasteiger partial charge on any atom is 0.296 e. The molecule has 7 heteroatoms. The van der Waals surface area contributed by atoms with E-state index in [1.165, 1.54) is 11.2 Å². The second-order valence-corrected chi connectivity index (χ2v) is 8.59.